The molecule has 11 heteroatoms. The van der Waals surface area contributed by atoms with Crippen LogP contribution >= 0.6 is 0 Å². The van der Waals surface area contributed by atoms with E-state index in [2.05, 4.69) is 23.7 Å². The fourth-order valence-electron chi connectivity index (χ4n) is 3.44. The third-order valence-electron chi connectivity index (χ3n) is 5.38. The first-order chi connectivity index (χ1) is 16.1. The molecule has 0 spiro atoms. The molecule has 1 amide bonds. The van der Waals surface area contributed by atoms with Gasteiger partial charge in [-0.3, -0.25) is 15.0 Å². The van der Waals surface area contributed by atoms with E-state index in [1.165, 1.54) is 4.90 Å². The highest BCUT2D eigenvalue weighted by Gasteiger charge is 2.22. The van der Waals surface area contributed by atoms with E-state index in [0.29, 0.717) is 12.2 Å². The Morgan fingerprint density at radius 1 is 1.15 bits per heavy atom. The van der Waals surface area contributed by atoms with Gasteiger partial charge in [-0.2, -0.15) is 0 Å². The summed E-state index contributed by atoms with van der Waals surface area (Å²) in [6.45, 7) is 9.93. The first-order valence-electron chi connectivity index (χ1n) is 11.3. The molecule has 0 N–H and O–H groups in total. The van der Waals surface area contributed by atoms with Gasteiger partial charge in [0.1, 0.15) is 12.8 Å². The Balaban J connectivity index is 2.11. The number of anilines is 2. The summed E-state index contributed by atoms with van der Waals surface area (Å²) in [5, 5.41) is 10.4. The number of ether oxygens (including phenoxy) is 1. The number of hydrogen-bond donors (Lipinski definition) is 0. The molecule has 1 aromatic carbocycles. The Hall–Kier alpha value is -3.21. The lowest BCUT2D eigenvalue weighted by Gasteiger charge is -2.26. The molecule has 0 bridgehead atoms. The van der Waals surface area contributed by atoms with E-state index in [0.717, 1.165) is 55.5 Å². The van der Waals surface area contributed by atoms with Crippen LogP contribution in [-0.2, 0) is 14.6 Å². The van der Waals surface area contributed by atoms with Crippen LogP contribution in [0.1, 0.15) is 39.2 Å². The number of pyridine rings is 1. The van der Waals surface area contributed by atoms with Crippen LogP contribution in [0.2, 0.25) is 0 Å². The molecule has 186 valence electrons. The zero-order chi connectivity index (χ0) is 25.3. The number of carbonyl (C=O) groups is 1. The van der Waals surface area contributed by atoms with Crippen molar-refractivity contribution in [3.63, 3.8) is 0 Å². The molecule has 0 radical (unpaired) electrons. The third-order valence-corrected chi connectivity index (χ3v) is 6.97. The minimum absolute atomic E-state index is 0.306. The van der Waals surface area contributed by atoms with Gasteiger partial charge in [-0.15, -0.1) is 0 Å². The largest absolute Gasteiger partial charge is 0.448 e. The van der Waals surface area contributed by atoms with E-state index < -0.39 is 26.6 Å². The maximum absolute atomic E-state index is 12.9. The number of sulfone groups is 1. The highest BCUT2D eigenvalue weighted by Crippen LogP contribution is 2.27. The molecule has 0 atom stereocenters. The molecular weight excluding hydrogens is 460 g/mol. The van der Waals surface area contributed by atoms with E-state index in [4.69, 9.17) is 4.74 Å². The van der Waals surface area contributed by atoms with Gasteiger partial charge < -0.3 is 9.64 Å². The van der Waals surface area contributed by atoms with Gasteiger partial charge in [0.2, 0.25) is 0 Å². The standard InChI is InChI=1S/C23H32N4O6S/c1-5-8-13-26(21-11-9-19(16-18(21)4)25(6-2)7-3)23(28)33-14-15-34(31,32)22-12-10-20(17-24-22)27(29)30/h9-12,16-17H,5-8,13-15H2,1-4H3. The maximum Gasteiger partial charge on any atom is 0.414 e. The second kappa shape index (κ2) is 12.3. The summed E-state index contributed by atoms with van der Waals surface area (Å²) in [7, 11) is -3.87. The van der Waals surface area contributed by atoms with Crippen LogP contribution in [0.4, 0.5) is 21.9 Å². The Kier molecular flexibility index (Phi) is 9.79. The van der Waals surface area contributed by atoms with Gasteiger partial charge >= 0.3 is 6.09 Å². The minimum Gasteiger partial charge on any atom is -0.448 e. The topological polar surface area (TPSA) is 123 Å². The normalized spacial score (nSPS) is 11.2. The second-order valence-corrected chi connectivity index (χ2v) is 9.75. The highest BCUT2D eigenvalue weighted by atomic mass is 32.2. The minimum atomic E-state index is -3.87. The predicted molar refractivity (Wildman–Crippen MR) is 131 cm³/mol. The molecule has 1 heterocycles. The molecule has 1 aromatic heterocycles. The number of rotatable bonds is 12. The molecule has 2 aromatic rings. The SMILES string of the molecule is CCCCN(C(=O)OCCS(=O)(=O)c1ccc([N+](=O)[O-])cn1)c1ccc(N(CC)CC)cc1C. The van der Waals surface area contributed by atoms with Gasteiger partial charge in [0.05, 0.1) is 16.4 Å². The fourth-order valence-corrected chi connectivity index (χ4v) is 4.44. The van der Waals surface area contributed by atoms with Crippen molar-refractivity contribution < 1.29 is 22.9 Å². The van der Waals surface area contributed by atoms with Gasteiger partial charge in [0.15, 0.2) is 14.9 Å². The smallest absolute Gasteiger partial charge is 0.414 e. The zero-order valence-corrected chi connectivity index (χ0v) is 20.9. The average Bonchev–Trinajstić information content (AvgIpc) is 2.81. The van der Waals surface area contributed by atoms with Crippen LogP contribution in [0.25, 0.3) is 0 Å². The van der Waals surface area contributed by atoms with Crippen molar-refractivity contribution in [2.45, 2.75) is 45.6 Å². The monoisotopic (exact) mass is 492 g/mol. The van der Waals surface area contributed by atoms with Crippen LogP contribution in [-0.4, -0.2) is 56.4 Å². The van der Waals surface area contributed by atoms with Crippen molar-refractivity contribution in [2.24, 2.45) is 0 Å². The number of aromatic nitrogens is 1. The number of amides is 1. The molecule has 0 fully saturated rings. The molecule has 0 unspecified atom stereocenters. The summed E-state index contributed by atoms with van der Waals surface area (Å²) >= 11 is 0. The molecule has 0 aliphatic carbocycles. The number of aryl methyl sites for hydroxylation is 1. The van der Waals surface area contributed by atoms with Crippen molar-refractivity contribution in [3.05, 3.63) is 52.2 Å². The number of hydrogen-bond acceptors (Lipinski definition) is 8. The summed E-state index contributed by atoms with van der Waals surface area (Å²) in [6, 6.07) is 8.02. The van der Waals surface area contributed by atoms with Crippen molar-refractivity contribution in [1.82, 2.24) is 4.98 Å². The van der Waals surface area contributed by atoms with Crippen molar-refractivity contribution >= 4 is 33.0 Å². The van der Waals surface area contributed by atoms with Crippen molar-refractivity contribution in [1.29, 1.82) is 0 Å². The fraction of sp³-hybridized carbons (Fsp3) is 0.478. The highest BCUT2D eigenvalue weighted by molar-refractivity contribution is 7.91. The van der Waals surface area contributed by atoms with E-state index in [1.54, 1.807) is 0 Å². The lowest BCUT2D eigenvalue weighted by atomic mass is 10.1. The molecule has 34 heavy (non-hydrogen) atoms. The number of unbranched alkanes of at least 4 members (excludes halogenated alkanes) is 1. The second-order valence-electron chi connectivity index (χ2n) is 7.69. The molecule has 2 rings (SSSR count). The van der Waals surface area contributed by atoms with Crippen LogP contribution < -0.4 is 9.80 Å². The zero-order valence-electron chi connectivity index (χ0n) is 20.1. The number of nitro groups is 1. The summed E-state index contributed by atoms with van der Waals surface area (Å²) in [5.41, 5.74) is 2.39. The van der Waals surface area contributed by atoms with Gasteiger partial charge in [-0.25, -0.2) is 18.2 Å². The van der Waals surface area contributed by atoms with E-state index in [9.17, 15) is 23.3 Å². The summed E-state index contributed by atoms with van der Waals surface area (Å²) in [5.74, 6) is -0.481. The first-order valence-corrected chi connectivity index (χ1v) is 12.9. The first kappa shape index (κ1) is 27.0. The Bertz CT molecular complexity index is 1090. The summed E-state index contributed by atoms with van der Waals surface area (Å²) < 4.78 is 30.3. The van der Waals surface area contributed by atoms with Crippen LogP contribution in [0.15, 0.2) is 41.6 Å². The van der Waals surface area contributed by atoms with Crippen LogP contribution in [0, 0.1) is 17.0 Å². The number of carbonyl (C=O) groups excluding carboxylic acids is 1. The number of benzene rings is 1. The van der Waals surface area contributed by atoms with Crippen molar-refractivity contribution in [3.8, 4) is 0 Å². The summed E-state index contributed by atoms with van der Waals surface area (Å²) in [4.78, 5) is 30.3. The molecule has 0 saturated heterocycles. The number of nitrogens with zero attached hydrogens (tertiary/aromatic N) is 4. The molecule has 10 nitrogen and oxygen atoms in total. The van der Waals surface area contributed by atoms with E-state index in [-0.39, 0.29) is 17.3 Å². The van der Waals surface area contributed by atoms with Crippen molar-refractivity contribution in [2.75, 3.05) is 41.8 Å². The summed E-state index contributed by atoms with van der Waals surface area (Å²) in [6.07, 6.45) is 1.90. The maximum atomic E-state index is 12.9. The predicted octanol–water partition coefficient (Wildman–Crippen LogP) is 4.36. The van der Waals surface area contributed by atoms with Crippen LogP contribution in [0.5, 0.6) is 0 Å². The van der Waals surface area contributed by atoms with E-state index in [1.807, 2.05) is 32.0 Å². The van der Waals surface area contributed by atoms with Gasteiger partial charge in [-0.1, -0.05) is 13.3 Å². The van der Waals surface area contributed by atoms with Gasteiger partial charge in [0.25, 0.3) is 5.69 Å². The Labute approximate surface area is 200 Å². The van der Waals surface area contributed by atoms with Crippen LogP contribution in [0.3, 0.4) is 0 Å². The molecule has 0 aliphatic heterocycles. The Morgan fingerprint density at radius 3 is 2.38 bits per heavy atom. The Morgan fingerprint density at radius 2 is 1.85 bits per heavy atom. The van der Waals surface area contributed by atoms with E-state index >= 15 is 0 Å². The molecule has 0 saturated carbocycles. The quantitative estimate of drug-likeness (QED) is 0.316. The lowest BCUT2D eigenvalue weighted by Crippen LogP contribution is -2.34. The lowest BCUT2D eigenvalue weighted by molar-refractivity contribution is -0.385. The van der Waals surface area contributed by atoms with Gasteiger partial charge in [-0.05, 0) is 57.0 Å². The molecule has 0 aliphatic rings. The third kappa shape index (κ3) is 6.89. The van der Waals surface area contributed by atoms with Gasteiger partial charge in [0, 0.05) is 31.4 Å². The molecular formula is C23H32N4O6S. The average molecular weight is 493 g/mol.